The van der Waals surface area contributed by atoms with Crippen LogP contribution >= 0.6 is 0 Å². The molecule has 1 aromatic heterocycles. The fraction of sp³-hybridized carbons (Fsp3) is 0.286. The molecule has 1 unspecified atom stereocenters. The summed E-state index contributed by atoms with van der Waals surface area (Å²) in [6.07, 6.45) is 1.50. The van der Waals surface area contributed by atoms with Gasteiger partial charge in [-0.1, -0.05) is 0 Å². The van der Waals surface area contributed by atoms with Crippen molar-refractivity contribution in [1.82, 2.24) is 0 Å². The maximum absolute atomic E-state index is 8.35. The van der Waals surface area contributed by atoms with E-state index in [1.54, 1.807) is 6.07 Å². The van der Waals surface area contributed by atoms with Gasteiger partial charge in [-0.15, -0.1) is 0 Å². The van der Waals surface area contributed by atoms with Gasteiger partial charge in [0.1, 0.15) is 6.07 Å². The Hall–Kier alpha value is -1.27. The summed E-state index contributed by atoms with van der Waals surface area (Å²) in [5.41, 5.74) is 6.37. The quantitative estimate of drug-likeness (QED) is 0.630. The van der Waals surface area contributed by atoms with Crippen molar-refractivity contribution in [2.24, 2.45) is 5.73 Å². The van der Waals surface area contributed by atoms with Gasteiger partial charge in [0.2, 0.25) is 5.76 Å². The number of hydrogen-bond acceptors (Lipinski definition) is 3. The standard InChI is InChI=1S/C7H8N2O/c1-5(9)6-2-7(3-8)10-4-6/h2,4-5H,9H2,1H3. The van der Waals surface area contributed by atoms with Crippen molar-refractivity contribution >= 4 is 0 Å². The van der Waals surface area contributed by atoms with Crippen LogP contribution in [0.5, 0.6) is 0 Å². The maximum Gasteiger partial charge on any atom is 0.203 e. The van der Waals surface area contributed by atoms with Crippen molar-refractivity contribution in [2.45, 2.75) is 13.0 Å². The Bertz CT molecular complexity index is 257. The Morgan fingerprint density at radius 3 is 2.80 bits per heavy atom. The molecule has 52 valence electrons. The second-order valence-corrected chi connectivity index (χ2v) is 2.14. The zero-order valence-corrected chi connectivity index (χ0v) is 5.66. The molecule has 1 heterocycles. The van der Waals surface area contributed by atoms with E-state index in [-0.39, 0.29) is 6.04 Å². The van der Waals surface area contributed by atoms with E-state index >= 15 is 0 Å². The molecule has 0 fully saturated rings. The Kier molecular flexibility index (Phi) is 1.74. The molecule has 3 heteroatoms. The zero-order valence-electron chi connectivity index (χ0n) is 5.66. The lowest BCUT2D eigenvalue weighted by atomic mass is 10.2. The first kappa shape index (κ1) is 6.84. The largest absolute Gasteiger partial charge is 0.454 e. The molecular formula is C7H8N2O. The van der Waals surface area contributed by atoms with Crippen LogP contribution in [-0.4, -0.2) is 0 Å². The smallest absolute Gasteiger partial charge is 0.203 e. The van der Waals surface area contributed by atoms with E-state index in [2.05, 4.69) is 0 Å². The summed E-state index contributed by atoms with van der Waals surface area (Å²) in [5, 5.41) is 8.35. The Morgan fingerprint density at radius 1 is 1.80 bits per heavy atom. The molecule has 0 radical (unpaired) electrons. The van der Waals surface area contributed by atoms with Crippen LogP contribution in [0.25, 0.3) is 0 Å². The molecule has 0 spiro atoms. The molecule has 1 aromatic rings. The molecule has 0 saturated carbocycles. The molecule has 0 saturated heterocycles. The second-order valence-electron chi connectivity index (χ2n) is 2.14. The summed E-state index contributed by atoms with van der Waals surface area (Å²) in [5.74, 6) is 0.312. The average Bonchev–Trinajstić information content (AvgIpc) is 2.34. The predicted molar refractivity (Wildman–Crippen MR) is 36.0 cm³/mol. The van der Waals surface area contributed by atoms with Gasteiger partial charge in [0.25, 0.3) is 0 Å². The predicted octanol–water partition coefficient (Wildman–Crippen LogP) is 1.17. The maximum atomic E-state index is 8.35. The van der Waals surface area contributed by atoms with Gasteiger partial charge in [0.15, 0.2) is 0 Å². The summed E-state index contributed by atoms with van der Waals surface area (Å²) in [4.78, 5) is 0. The van der Waals surface area contributed by atoms with Crippen molar-refractivity contribution in [3.05, 3.63) is 23.7 Å². The first-order valence-electron chi connectivity index (χ1n) is 2.98. The fourth-order valence-electron chi connectivity index (χ4n) is 0.648. The van der Waals surface area contributed by atoms with Crippen LogP contribution in [0.3, 0.4) is 0 Å². The van der Waals surface area contributed by atoms with E-state index in [1.807, 2.05) is 13.0 Å². The first-order valence-corrected chi connectivity index (χ1v) is 2.98. The molecule has 10 heavy (non-hydrogen) atoms. The van der Waals surface area contributed by atoms with Gasteiger partial charge < -0.3 is 10.2 Å². The van der Waals surface area contributed by atoms with Gasteiger partial charge in [-0.2, -0.15) is 5.26 Å². The molecule has 0 aromatic carbocycles. The van der Waals surface area contributed by atoms with Crippen molar-refractivity contribution in [3.63, 3.8) is 0 Å². The van der Waals surface area contributed by atoms with E-state index in [0.29, 0.717) is 5.76 Å². The lowest BCUT2D eigenvalue weighted by Gasteiger charge is -1.95. The average molecular weight is 136 g/mol. The molecular weight excluding hydrogens is 128 g/mol. The van der Waals surface area contributed by atoms with E-state index < -0.39 is 0 Å². The highest BCUT2D eigenvalue weighted by molar-refractivity contribution is 5.24. The van der Waals surface area contributed by atoms with E-state index in [9.17, 15) is 0 Å². The number of nitrogens with two attached hydrogens (primary N) is 1. The summed E-state index contributed by atoms with van der Waals surface area (Å²) < 4.78 is 4.83. The summed E-state index contributed by atoms with van der Waals surface area (Å²) >= 11 is 0. The fourth-order valence-corrected chi connectivity index (χ4v) is 0.648. The van der Waals surface area contributed by atoms with Crippen LogP contribution in [0, 0.1) is 11.3 Å². The highest BCUT2D eigenvalue weighted by Crippen LogP contribution is 2.12. The summed E-state index contributed by atoms with van der Waals surface area (Å²) in [6, 6.07) is 3.46. The summed E-state index contributed by atoms with van der Waals surface area (Å²) in [6.45, 7) is 1.84. The normalized spacial score (nSPS) is 12.5. The minimum Gasteiger partial charge on any atom is -0.454 e. The number of furan rings is 1. The Balaban J connectivity index is 2.91. The zero-order chi connectivity index (χ0) is 7.56. The number of rotatable bonds is 1. The van der Waals surface area contributed by atoms with Crippen molar-refractivity contribution in [2.75, 3.05) is 0 Å². The topological polar surface area (TPSA) is 62.9 Å². The minimum atomic E-state index is -0.0640. The number of hydrogen-bond donors (Lipinski definition) is 1. The molecule has 1 atom stereocenters. The number of nitriles is 1. The molecule has 2 N–H and O–H groups in total. The van der Waals surface area contributed by atoms with Gasteiger partial charge in [0, 0.05) is 11.6 Å². The SMILES string of the molecule is CC(N)c1coc(C#N)c1. The first-order chi connectivity index (χ1) is 4.74. The highest BCUT2D eigenvalue weighted by atomic mass is 16.3. The van der Waals surface area contributed by atoms with Crippen molar-refractivity contribution in [1.29, 1.82) is 5.26 Å². The number of nitrogens with zero attached hydrogens (tertiary/aromatic N) is 1. The molecule has 0 aliphatic rings. The molecule has 0 amide bonds. The van der Waals surface area contributed by atoms with Crippen LogP contribution in [0.1, 0.15) is 24.3 Å². The highest BCUT2D eigenvalue weighted by Gasteiger charge is 2.03. The molecule has 0 aliphatic heterocycles. The minimum absolute atomic E-state index is 0.0640. The van der Waals surface area contributed by atoms with E-state index in [0.717, 1.165) is 5.56 Å². The monoisotopic (exact) mass is 136 g/mol. The molecule has 0 aliphatic carbocycles. The molecule has 3 nitrogen and oxygen atoms in total. The van der Waals surface area contributed by atoms with Gasteiger partial charge in [0.05, 0.1) is 6.26 Å². The van der Waals surface area contributed by atoms with Gasteiger partial charge >= 0.3 is 0 Å². The van der Waals surface area contributed by atoms with Crippen LogP contribution in [0.2, 0.25) is 0 Å². The Morgan fingerprint density at radius 2 is 2.50 bits per heavy atom. The van der Waals surface area contributed by atoms with Crippen molar-refractivity contribution in [3.8, 4) is 6.07 Å². The molecule has 0 bridgehead atoms. The van der Waals surface area contributed by atoms with Crippen LogP contribution in [-0.2, 0) is 0 Å². The van der Waals surface area contributed by atoms with Gasteiger partial charge in [-0.05, 0) is 13.0 Å². The van der Waals surface area contributed by atoms with E-state index in [4.69, 9.17) is 15.4 Å². The van der Waals surface area contributed by atoms with Gasteiger partial charge in [-0.3, -0.25) is 0 Å². The lowest BCUT2D eigenvalue weighted by molar-refractivity contribution is 0.547. The van der Waals surface area contributed by atoms with Crippen LogP contribution in [0.15, 0.2) is 16.7 Å². The van der Waals surface area contributed by atoms with Crippen LogP contribution < -0.4 is 5.73 Å². The third-order valence-electron chi connectivity index (χ3n) is 1.26. The van der Waals surface area contributed by atoms with E-state index in [1.165, 1.54) is 6.26 Å². The third-order valence-corrected chi connectivity index (χ3v) is 1.26. The lowest BCUT2D eigenvalue weighted by Crippen LogP contribution is -2.02. The van der Waals surface area contributed by atoms with Gasteiger partial charge in [-0.25, -0.2) is 0 Å². The Labute approximate surface area is 59.1 Å². The second kappa shape index (κ2) is 2.54. The van der Waals surface area contributed by atoms with Crippen LogP contribution in [0.4, 0.5) is 0 Å². The molecule has 1 rings (SSSR count). The third kappa shape index (κ3) is 1.17. The van der Waals surface area contributed by atoms with Crippen molar-refractivity contribution < 1.29 is 4.42 Å². The summed E-state index contributed by atoms with van der Waals surface area (Å²) in [7, 11) is 0.